The summed E-state index contributed by atoms with van der Waals surface area (Å²) in [7, 11) is 0. The van der Waals surface area contributed by atoms with Gasteiger partial charge in [-0.25, -0.2) is 0 Å². The van der Waals surface area contributed by atoms with Crippen LogP contribution in [0, 0.1) is 0 Å². The average Bonchev–Trinajstić information content (AvgIpc) is 2.46. The predicted octanol–water partition coefficient (Wildman–Crippen LogP) is 5.91. The Labute approximate surface area is 119 Å². The summed E-state index contributed by atoms with van der Waals surface area (Å²) in [5.41, 5.74) is 0. The number of hydrogen-bond acceptors (Lipinski definition) is 0. The third kappa shape index (κ3) is 1.66. The topological polar surface area (TPSA) is 0 Å². The van der Waals surface area contributed by atoms with Gasteiger partial charge in [0.1, 0.15) is 0 Å². The van der Waals surface area contributed by atoms with Gasteiger partial charge >= 0.3 is 0 Å². The highest BCUT2D eigenvalue weighted by molar-refractivity contribution is 9.10. The Morgan fingerprint density at radius 3 is 2.21 bits per heavy atom. The second-order valence-electron chi connectivity index (χ2n) is 4.82. The van der Waals surface area contributed by atoms with E-state index in [1.807, 2.05) is 0 Å². The first-order chi connectivity index (χ1) is 9.33. The third-order valence-electron chi connectivity index (χ3n) is 3.69. The molecule has 90 valence electrons. The van der Waals surface area contributed by atoms with Gasteiger partial charge in [0.15, 0.2) is 0 Å². The van der Waals surface area contributed by atoms with Crippen LogP contribution in [0.1, 0.15) is 0 Å². The van der Waals surface area contributed by atoms with Crippen LogP contribution in [-0.4, -0.2) is 0 Å². The van der Waals surface area contributed by atoms with E-state index in [0.717, 1.165) is 4.47 Å². The van der Waals surface area contributed by atoms with Crippen LogP contribution in [0.4, 0.5) is 0 Å². The molecular formula is C18H11Br. The molecule has 0 fully saturated rings. The molecule has 0 aromatic heterocycles. The highest BCUT2D eigenvalue weighted by Gasteiger charge is 2.04. The lowest BCUT2D eigenvalue weighted by atomic mass is 9.98. The number of fused-ring (bicyclic) bond motifs is 4. The Morgan fingerprint density at radius 1 is 0.526 bits per heavy atom. The SMILES string of the molecule is Brc1cccc2cc3ccc4ccccc4c3cc12. The van der Waals surface area contributed by atoms with Crippen molar-refractivity contribution in [1.29, 1.82) is 0 Å². The van der Waals surface area contributed by atoms with Crippen molar-refractivity contribution >= 4 is 48.2 Å². The molecule has 4 rings (SSSR count). The van der Waals surface area contributed by atoms with E-state index in [9.17, 15) is 0 Å². The van der Waals surface area contributed by atoms with Gasteiger partial charge in [-0.2, -0.15) is 0 Å². The molecule has 0 atom stereocenters. The summed E-state index contributed by atoms with van der Waals surface area (Å²) in [6, 6.07) is 23.8. The van der Waals surface area contributed by atoms with Gasteiger partial charge in [0.05, 0.1) is 0 Å². The Kier molecular flexibility index (Phi) is 2.36. The number of rotatable bonds is 0. The van der Waals surface area contributed by atoms with Crippen LogP contribution in [0.3, 0.4) is 0 Å². The summed E-state index contributed by atoms with van der Waals surface area (Å²) in [6.07, 6.45) is 0. The molecule has 0 unspecified atom stereocenters. The standard InChI is InChI=1S/C18H11Br/c19-18-7-3-5-13-10-14-9-8-12-4-1-2-6-15(12)16(14)11-17(13)18/h1-11H. The van der Waals surface area contributed by atoms with Crippen LogP contribution in [0.25, 0.3) is 32.3 Å². The fourth-order valence-electron chi connectivity index (χ4n) is 2.74. The van der Waals surface area contributed by atoms with Gasteiger partial charge in [-0.3, -0.25) is 0 Å². The molecule has 4 aromatic carbocycles. The Morgan fingerprint density at radius 2 is 1.26 bits per heavy atom. The summed E-state index contributed by atoms with van der Waals surface area (Å²) in [6.45, 7) is 0. The van der Waals surface area contributed by atoms with E-state index >= 15 is 0 Å². The van der Waals surface area contributed by atoms with Gasteiger partial charge in [0, 0.05) is 4.47 Å². The molecule has 0 spiro atoms. The van der Waals surface area contributed by atoms with Gasteiger partial charge in [-0.05, 0) is 50.5 Å². The fourth-order valence-corrected chi connectivity index (χ4v) is 3.24. The molecule has 4 aromatic rings. The monoisotopic (exact) mass is 306 g/mol. The predicted molar refractivity (Wildman–Crippen MR) is 86.7 cm³/mol. The van der Waals surface area contributed by atoms with E-state index in [4.69, 9.17) is 0 Å². The van der Waals surface area contributed by atoms with Crippen LogP contribution in [0.2, 0.25) is 0 Å². The molecule has 0 aliphatic rings. The highest BCUT2D eigenvalue weighted by atomic mass is 79.9. The molecular weight excluding hydrogens is 296 g/mol. The van der Waals surface area contributed by atoms with Crippen molar-refractivity contribution in [1.82, 2.24) is 0 Å². The van der Waals surface area contributed by atoms with Crippen LogP contribution in [0.15, 0.2) is 71.2 Å². The van der Waals surface area contributed by atoms with E-state index in [2.05, 4.69) is 82.7 Å². The zero-order valence-electron chi connectivity index (χ0n) is 10.2. The molecule has 0 saturated heterocycles. The first-order valence-electron chi connectivity index (χ1n) is 6.33. The maximum Gasteiger partial charge on any atom is 0.0253 e. The van der Waals surface area contributed by atoms with Gasteiger partial charge < -0.3 is 0 Å². The number of halogens is 1. The van der Waals surface area contributed by atoms with Crippen molar-refractivity contribution in [3.8, 4) is 0 Å². The van der Waals surface area contributed by atoms with E-state index in [1.54, 1.807) is 0 Å². The first kappa shape index (κ1) is 11.0. The molecule has 0 nitrogen and oxygen atoms in total. The Bertz CT molecular complexity index is 922. The second-order valence-corrected chi connectivity index (χ2v) is 5.68. The second kappa shape index (κ2) is 4.07. The van der Waals surface area contributed by atoms with Gasteiger partial charge in [-0.15, -0.1) is 0 Å². The Balaban J connectivity index is 2.27. The van der Waals surface area contributed by atoms with Crippen LogP contribution in [0.5, 0.6) is 0 Å². The summed E-state index contributed by atoms with van der Waals surface area (Å²) >= 11 is 3.65. The van der Waals surface area contributed by atoms with E-state index in [-0.39, 0.29) is 0 Å². The molecule has 0 aliphatic heterocycles. The van der Waals surface area contributed by atoms with Crippen LogP contribution in [-0.2, 0) is 0 Å². The molecule has 1 heteroatoms. The number of hydrogen-bond donors (Lipinski definition) is 0. The maximum absolute atomic E-state index is 3.65. The van der Waals surface area contributed by atoms with E-state index < -0.39 is 0 Å². The highest BCUT2D eigenvalue weighted by Crippen LogP contribution is 2.32. The minimum atomic E-state index is 1.15. The summed E-state index contributed by atoms with van der Waals surface area (Å²) in [5.74, 6) is 0. The summed E-state index contributed by atoms with van der Waals surface area (Å²) < 4.78 is 1.15. The lowest BCUT2D eigenvalue weighted by Gasteiger charge is -2.07. The molecule has 0 saturated carbocycles. The maximum atomic E-state index is 3.65. The first-order valence-corrected chi connectivity index (χ1v) is 7.12. The van der Waals surface area contributed by atoms with Crippen LogP contribution >= 0.6 is 15.9 Å². The molecule has 0 aliphatic carbocycles. The fraction of sp³-hybridized carbons (Fsp3) is 0. The molecule has 0 heterocycles. The summed E-state index contributed by atoms with van der Waals surface area (Å²) in [4.78, 5) is 0. The molecule has 0 amide bonds. The van der Waals surface area contributed by atoms with Crippen molar-refractivity contribution in [2.24, 2.45) is 0 Å². The Hall–Kier alpha value is -1.86. The van der Waals surface area contributed by atoms with Crippen molar-refractivity contribution < 1.29 is 0 Å². The molecule has 0 N–H and O–H groups in total. The van der Waals surface area contributed by atoms with Crippen molar-refractivity contribution in [2.75, 3.05) is 0 Å². The molecule has 0 bridgehead atoms. The quantitative estimate of drug-likeness (QED) is 0.280. The van der Waals surface area contributed by atoms with Gasteiger partial charge in [0.2, 0.25) is 0 Å². The normalized spacial score (nSPS) is 11.4. The minimum Gasteiger partial charge on any atom is -0.0616 e. The van der Waals surface area contributed by atoms with Crippen molar-refractivity contribution in [3.05, 3.63) is 71.2 Å². The number of benzene rings is 4. The van der Waals surface area contributed by atoms with E-state index in [1.165, 1.54) is 32.3 Å². The summed E-state index contributed by atoms with van der Waals surface area (Å²) in [5, 5.41) is 7.77. The van der Waals surface area contributed by atoms with Gasteiger partial charge in [0.25, 0.3) is 0 Å². The van der Waals surface area contributed by atoms with Crippen LogP contribution < -0.4 is 0 Å². The molecule has 19 heavy (non-hydrogen) atoms. The lowest BCUT2D eigenvalue weighted by Crippen LogP contribution is -1.80. The zero-order valence-corrected chi connectivity index (χ0v) is 11.8. The third-order valence-corrected chi connectivity index (χ3v) is 4.38. The lowest BCUT2D eigenvalue weighted by molar-refractivity contribution is 1.74. The zero-order chi connectivity index (χ0) is 12.8. The average molecular weight is 307 g/mol. The van der Waals surface area contributed by atoms with Crippen molar-refractivity contribution in [3.63, 3.8) is 0 Å². The van der Waals surface area contributed by atoms with Crippen molar-refractivity contribution in [2.45, 2.75) is 0 Å². The van der Waals surface area contributed by atoms with Gasteiger partial charge in [-0.1, -0.05) is 64.5 Å². The minimum absolute atomic E-state index is 1.15. The smallest absolute Gasteiger partial charge is 0.0253 e. The van der Waals surface area contributed by atoms with E-state index in [0.29, 0.717) is 0 Å². The largest absolute Gasteiger partial charge is 0.0616 e. The molecule has 0 radical (unpaired) electrons.